The summed E-state index contributed by atoms with van der Waals surface area (Å²) in [5.74, 6) is -1.20. The van der Waals surface area contributed by atoms with E-state index in [1.54, 1.807) is 17.8 Å². The number of nitrogens with two attached hydrogens (primary N) is 1. The van der Waals surface area contributed by atoms with Gasteiger partial charge in [-0.25, -0.2) is 18.3 Å². The summed E-state index contributed by atoms with van der Waals surface area (Å²) in [6.07, 6.45) is 2.42. The molecule has 2 fully saturated rings. The van der Waals surface area contributed by atoms with Crippen LogP contribution >= 0.6 is 0 Å². The van der Waals surface area contributed by atoms with Gasteiger partial charge in [-0.15, -0.1) is 0 Å². The molecule has 2 aromatic heterocycles. The number of hydrogen-bond donors (Lipinski definition) is 1. The van der Waals surface area contributed by atoms with E-state index in [-0.39, 0.29) is 24.8 Å². The van der Waals surface area contributed by atoms with Crippen LogP contribution in [0.25, 0.3) is 5.78 Å². The van der Waals surface area contributed by atoms with Crippen LogP contribution in [0.1, 0.15) is 43.1 Å². The third-order valence-electron chi connectivity index (χ3n) is 6.37. The highest BCUT2D eigenvalue weighted by Gasteiger charge is 2.37. The molecule has 8 nitrogen and oxygen atoms in total. The summed E-state index contributed by atoms with van der Waals surface area (Å²) < 4.78 is 33.8. The first-order valence-corrected chi connectivity index (χ1v) is 10.7. The minimum Gasteiger partial charge on any atom is -0.383 e. The molecule has 1 saturated carbocycles. The molecule has 0 radical (unpaired) electrons. The summed E-state index contributed by atoms with van der Waals surface area (Å²) in [4.78, 5) is 14.0. The summed E-state index contributed by atoms with van der Waals surface area (Å²) in [6.45, 7) is 7.27. The molecule has 0 amide bonds. The van der Waals surface area contributed by atoms with Gasteiger partial charge in [0.1, 0.15) is 5.69 Å². The maximum absolute atomic E-state index is 13.5. The SMILES string of the molecule is COCCN1CCN(c2nc3nc(C(N)C4CCC(F)(F)CC4)cn3nc2C)CC1. The summed E-state index contributed by atoms with van der Waals surface area (Å²) >= 11 is 0. The van der Waals surface area contributed by atoms with Crippen molar-refractivity contribution >= 4 is 11.6 Å². The fourth-order valence-electron chi connectivity index (χ4n) is 4.44. The number of ether oxygens (including phenoxy) is 1. The molecule has 3 heterocycles. The zero-order chi connectivity index (χ0) is 21.3. The Morgan fingerprint density at radius 2 is 1.90 bits per heavy atom. The second kappa shape index (κ2) is 8.68. The quantitative estimate of drug-likeness (QED) is 0.761. The molecular formula is C20H31F2N7O. The Balaban J connectivity index is 1.47. The van der Waals surface area contributed by atoms with Crippen LogP contribution in [-0.2, 0) is 4.74 Å². The van der Waals surface area contributed by atoms with E-state index in [2.05, 4.69) is 19.9 Å². The van der Waals surface area contributed by atoms with Gasteiger partial charge in [-0.2, -0.15) is 10.1 Å². The number of methoxy groups -OCH3 is 1. The van der Waals surface area contributed by atoms with Crippen LogP contribution in [0, 0.1) is 12.8 Å². The summed E-state index contributed by atoms with van der Waals surface area (Å²) in [5, 5.41) is 4.63. The Morgan fingerprint density at radius 1 is 1.20 bits per heavy atom. The fourth-order valence-corrected chi connectivity index (χ4v) is 4.44. The second-order valence-corrected chi connectivity index (χ2v) is 8.47. The molecule has 2 N–H and O–H groups in total. The van der Waals surface area contributed by atoms with Crippen molar-refractivity contribution in [3.63, 3.8) is 0 Å². The lowest BCUT2D eigenvalue weighted by atomic mass is 9.81. The van der Waals surface area contributed by atoms with Gasteiger partial charge in [-0.05, 0) is 25.7 Å². The number of halogens is 2. The van der Waals surface area contributed by atoms with E-state index in [1.807, 2.05) is 6.92 Å². The van der Waals surface area contributed by atoms with Gasteiger partial charge in [-0.3, -0.25) is 4.90 Å². The topological polar surface area (TPSA) is 84.8 Å². The van der Waals surface area contributed by atoms with Crippen molar-refractivity contribution in [3.05, 3.63) is 17.6 Å². The van der Waals surface area contributed by atoms with Crippen LogP contribution in [0.4, 0.5) is 14.6 Å². The number of anilines is 1. The first-order valence-electron chi connectivity index (χ1n) is 10.7. The highest BCUT2D eigenvalue weighted by atomic mass is 19.3. The Bertz CT molecular complexity index is 856. The second-order valence-electron chi connectivity index (χ2n) is 8.47. The smallest absolute Gasteiger partial charge is 0.252 e. The monoisotopic (exact) mass is 423 g/mol. The molecule has 2 aromatic rings. The standard InChI is InChI=1S/C20H31F2N7O/c1-14-18(28-9-7-27(8-10-28)11-12-30-2)25-19-24-16(13-29(19)26-14)17(23)15-3-5-20(21,22)6-4-15/h13,15,17H,3-12,23H2,1-2H3. The number of alkyl halides is 2. The first kappa shape index (κ1) is 21.3. The Morgan fingerprint density at radius 3 is 2.57 bits per heavy atom. The van der Waals surface area contributed by atoms with E-state index in [4.69, 9.17) is 15.5 Å². The molecule has 1 aliphatic carbocycles. The lowest BCUT2D eigenvalue weighted by molar-refractivity contribution is -0.0484. The lowest BCUT2D eigenvalue weighted by Crippen LogP contribution is -2.47. The fraction of sp³-hybridized carbons (Fsp3) is 0.750. The van der Waals surface area contributed by atoms with E-state index in [9.17, 15) is 8.78 Å². The van der Waals surface area contributed by atoms with E-state index in [1.165, 1.54) is 0 Å². The zero-order valence-corrected chi connectivity index (χ0v) is 17.7. The van der Waals surface area contributed by atoms with Crippen molar-refractivity contribution in [3.8, 4) is 0 Å². The van der Waals surface area contributed by atoms with E-state index in [0.29, 0.717) is 24.3 Å². The molecule has 1 atom stereocenters. The van der Waals surface area contributed by atoms with Crippen LogP contribution in [0.3, 0.4) is 0 Å². The molecule has 2 aliphatic rings. The Kier molecular flexibility index (Phi) is 6.17. The minimum atomic E-state index is -2.56. The average Bonchev–Trinajstić information content (AvgIpc) is 3.14. The normalized spacial score (nSPS) is 22.0. The van der Waals surface area contributed by atoms with E-state index < -0.39 is 5.92 Å². The number of rotatable bonds is 6. The van der Waals surface area contributed by atoms with Crippen LogP contribution < -0.4 is 10.6 Å². The maximum atomic E-state index is 13.5. The van der Waals surface area contributed by atoms with E-state index >= 15 is 0 Å². The van der Waals surface area contributed by atoms with Gasteiger partial charge >= 0.3 is 0 Å². The summed E-state index contributed by atoms with van der Waals surface area (Å²) in [6, 6.07) is -0.377. The summed E-state index contributed by atoms with van der Waals surface area (Å²) in [7, 11) is 1.72. The number of aromatic nitrogens is 4. The number of imidazole rings is 1. The number of hydrogen-bond acceptors (Lipinski definition) is 7. The minimum absolute atomic E-state index is 0.00952. The average molecular weight is 424 g/mol. The molecule has 1 aliphatic heterocycles. The van der Waals surface area contributed by atoms with Crippen molar-refractivity contribution in [2.24, 2.45) is 11.7 Å². The van der Waals surface area contributed by atoms with Gasteiger partial charge in [-0.1, -0.05) is 0 Å². The van der Waals surface area contributed by atoms with Crippen molar-refractivity contribution in [2.45, 2.75) is 44.6 Å². The Labute approximate surface area is 175 Å². The van der Waals surface area contributed by atoms with Crippen molar-refractivity contribution < 1.29 is 13.5 Å². The van der Waals surface area contributed by atoms with Gasteiger partial charge in [0.2, 0.25) is 5.92 Å². The predicted molar refractivity (Wildman–Crippen MR) is 110 cm³/mol. The molecule has 10 heteroatoms. The molecule has 0 aromatic carbocycles. The van der Waals surface area contributed by atoms with Crippen molar-refractivity contribution in [1.82, 2.24) is 24.5 Å². The number of aryl methyl sites for hydroxylation is 1. The van der Waals surface area contributed by atoms with Gasteiger partial charge < -0.3 is 15.4 Å². The third-order valence-corrected chi connectivity index (χ3v) is 6.37. The molecule has 0 bridgehead atoms. The number of nitrogens with zero attached hydrogens (tertiary/aromatic N) is 6. The van der Waals surface area contributed by atoms with Gasteiger partial charge in [0.15, 0.2) is 5.82 Å². The Hall–Kier alpha value is -1.91. The number of piperazine rings is 1. The molecule has 1 saturated heterocycles. The highest BCUT2D eigenvalue weighted by molar-refractivity contribution is 5.48. The zero-order valence-electron chi connectivity index (χ0n) is 17.7. The van der Waals surface area contributed by atoms with Gasteiger partial charge in [0.05, 0.1) is 24.5 Å². The molecule has 4 rings (SSSR count). The van der Waals surface area contributed by atoms with Crippen LogP contribution in [-0.4, -0.2) is 76.8 Å². The predicted octanol–water partition coefficient (Wildman–Crippen LogP) is 2.03. The van der Waals surface area contributed by atoms with Crippen molar-refractivity contribution in [2.75, 3.05) is 51.3 Å². The maximum Gasteiger partial charge on any atom is 0.252 e. The third kappa shape index (κ3) is 4.55. The highest BCUT2D eigenvalue weighted by Crippen LogP contribution is 2.40. The molecule has 1 unspecified atom stereocenters. The molecule has 0 spiro atoms. The van der Waals surface area contributed by atoms with Crippen LogP contribution in [0.2, 0.25) is 0 Å². The first-order chi connectivity index (χ1) is 14.4. The van der Waals surface area contributed by atoms with Crippen molar-refractivity contribution in [1.29, 1.82) is 0 Å². The van der Waals surface area contributed by atoms with Gasteiger partial charge in [0.25, 0.3) is 5.78 Å². The van der Waals surface area contributed by atoms with Crippen LogP contribution in [0.5, 0.6) is 0 Å². The largest absolute Gasteiger partial charge is 0.383 e. The molecular weight excluding hydrogens is 392 g/mol. The summed E-state index contributed by atoms with van der Waals surface area (Å²) in [5.41, 5.74) is 7.90. The molecule has 166 valence electrons. The molecule has 30 heavy (non-hydrogen) atoms. The lowest BCUT2D eigenvalue weighted by Gasteiger charge is -2.35. The number of fused-ring (bicyclic) bond motifs is 1. The van der Waals surface area contributed by atoms with Gasteiger partial charge in [0, 0.05) is 52.7 Å². The van der Waals surface area contributed by atoms with Crippen LogP contribution in [0.15, 0.2) is 6.20 Å². The van der Waals surface area contributed by atoms with E-state index in [0.717, 1.165) is 50.8 Å².